The van der Waals surface area contributed by atoms with E-state index in [0.29, 0.717) is 12.4 Å². The maximum absolute atomic E-state index is 11.9. The molecule has 0 fully saturated rings. The highest BCUT2D eigenvalue weighted by Crippen LogP contribution is 2.15. The Morgan fingerprint density at radius 3 is 2.35 bits per heavy atom. The predicted molar refractivity (Wildman–Crippen MR) is 74.6 cm³/mol. The van der Waals surface area contributed by atoms with E-state index in [4.69, 9.17) is 4.74 Å². The highest BCUT2D eigenvalue weighted by molar-refractivity contribution is 7.89. The van der Waals surface area contributed by atoms with E-state index in [-0.39, 0.29) is 11.4 Å². The molecule has 0 atom stereocenters. The van der Waals surface area contributed by atoms with E-state index in [0.717, 1.165) is 0 Å². The summed E-state index contributed by atoms with van der Waals surface area (Å²) < 4.78 is 31.3. The van der Waals surface area contributed by atoms with Crippen LogP contribution < -0.4 is 14.9 Å². The molecular weight excluding hydrogens is 282 g/mol. The molecule has 0 spiro atoms. The van der Waals surface area contributed by atoms with Crippen LogP contribution in [0, 0.1) is 0 Å². The van der Waals surface area contributed by atoms with Crippen molar-refractivity contribution in [2.75, 3.05) is 27.2 Å². The Bertz CT molecular complexity index is 540. The number of benzene rings is 1. The fraction of sp³-hybridized carbons (Fsp3) is 0.417. The van der Waals surface area contributed by atoms with Crippen LogP contribution in [0.5, 0.6) is 5.75 Å². The summed E-state index contributed by atoms with van der Waals surface area (Å²) >= 11 is 0. The Hall–Kier alpha value is -1.64. The lowest BCUT2D eigenvalue weighted by Crippen LogP contribution is -2.42. The summed E-state index contributed by atoms with van der Waals surface area (Å²) in [5.41, 5.74) is 2.44. The lowest BCUT2D eigenvalue weighted by molar-refractivity contribution is -0.123. The monoisotopic (exact) mass is 301 g/mol. The molecular formula is C12H19N3O4S. The van der Waals surface area contributed by atoms with Crippen molar-refractivity contribution in [3.8, 4) is 5.75 Å². The molecule has 0 unspecified atom stereocenters. The first-order valence-electron chi connectivity index (χ1n) is 6.04. The molecule has 0 aliphatic rings. The zero-order valence-corrected chi connectivity index (χ0v) is 12.5. The van der Waals surface area contributed by atoms with Crippen LogP contribution in [0.3, 0.4) is 0 Å². The topological polar surface area (TPSA) is 87.7 Å². The van der Waals surface area contributed by atoms with E-state index in [1.165, 1.54) is 17.1 Å². The first kappa shape index (κ1) is 16.4. The van der Waals surface area contributed by atoms with Crippen LogP contribution in [0.4, 0.5) is 0 Å². The van der Waals surface area contributed by atoms with Gasteiger partial charge < -0.3 is 4.74 Å². The minimum atomic E-state index is -3.71. The molecule has 2 N–H and O–H groups in total. The Morgan fingerprint density at radius 1 is 1.25 bits per heavy atom. The number of ether oxygens (including phenoxy) is 1. The van der Waals surface area contributed by atoms with Gasteiger partial charge in [-0.3, -0.25) is 10.2 Å². The highest BCUT2D eigenvalue weighted by atomic mass is 32.2. The summed E-state index contributed by atoms with van der Waals surface area (Å²) in [5, 5.41) is 1.44. The van der Waals surface area contributed by atoms with Gasteiger partial charge in [0.05, 0.1) is 18.0 Å². The third-order valence-corrected chi connectivity index (χ3v) is 3.63. The van der Waals surface area contributed by atoms with Crippen molar-refractivity contribution >= 4 is 15.9 Å². The minimum Gasteiger partial charge on any atom is -0.494 e. The molecule has 20 heavy (non-hydrogen) atoms. The van der Waals surface area contributed by atoms with Crippen LogP contribution in [0.25, 0.3) is 0 Å². The van der Waals surface area contributed by atoms with Crippen molar-refractivity contribution in [2.24, 2.45) is 0 Å². The fourth-order valence-corrected chi connectivity index (χ4v) is 2.40. The largest absolute Gasteiger partial charge is 0.494 e. The van der Waals surface area contributed by atoms with Gasteiger partial charge >= 0.3 is 0 Å². The number of carbonyl (C=O) groups is 1. The van der Waals surface area contributed by atoms with Gasteiger partial charge in [0.15, 0.2) is 0 Å². The van der Waals surface area contributed by atoms with E-state index < -0.39 is 15.9 Å². The van der Waals surface area contributed by atoms with Crippen molar-refractivity contribution < 1.29 is 17.9 Å². The first-order valence-corrected chi connectivity index (χ1v) is 7.53. The Morgan fingerprint density at radius 2 is 1.85 bits per heavy atom. The molecule has 1 aromatic carbocycles. The molecule has 8 heteroatoms. The van der Waals surface area contributed by atoms with Crippen LogP contribution in [-0.2, 0) is 14.8 Å². The Labute approximate surface area is 118 Å². The number of nitrogens with zero attached hydrogens (tertiary/aromatic N) is 1. The van der Waals surface area contributed by atoms with E-state index in [1.54, 1.807) is 26.2 Å². The van der Waals surface area contributed by atoms with Gasteiger partial charge in [0.2, 0.25) is 15.9 Å². The normalized spacial score (nSPS) is 11.4. The zero-order chi connectivity index (χ0) is 15.2. The van der Waals surface area contributed by atoms with Gasteiger partial charge in [-0.25, -0.2) is 18.1 Å². The van der Waals surface area contributed by atoms with Gasteiger partial charge in [-0.2, -0.15) is 0 Å². The fourth-order valence-electron chi connectivity index (χ4n) is 1.41. The molecule has 1 amide bonds. The van der Waals surface area contributed by atoms with Gasteiger partial charge in [-0.15, -0.1) is 0 Å². The Balaban J connectivity index is 2.66. The van der Waals surface area contributed by atoms with E-state index in [1.807, 2.05) is 6.92 Å². The zero-order valence-electron chi connectivity index (χ0n) is 11.7. The molecule has 0 aliphatic heterocycles. The molecule has 0 radical (unpaired) electrons. The standard InChI is InChI=1S/C12H19N3O4S/c1-4-19-10-5-7-11(8-6-10)20(17,18)13-9-12(16)14-15(2)3/h5-8,13H,4,9H2,1-3H3,(H,14,16). The average molecular weight is 301 g/mol. The molecule has 1 rings (SSSR count). The predicted octanol–water partition coefficient (Wildman–Crippen LogP) is -0.0436. The lowest BCUT2D eigenvalue weighted by Gasteiger charge is -2.12. The minimum absolute atomic E-state index is 0.0820. The number of hydrogen-bond acceptors (Lipinski definition) is 5. The summed E-state index contributed by atoms with van der Waals surface area (Å²) in [5.74, 6) is 0.154. The van der Waals surface area contributed by atoms with Gasteiger partial charge in [-0.1, -0.05) is 0 Å². The third kappa shape index (κ3) is 5.16. The van der Waals surface area contributed by atoms with Gasteiger partial charge in [0.1, 0.15) is 5.75 Å². The maximum atomic E-state index is 11.9. The second kappa shape index (κ2) is 7.22. The SMILES string of the molecule is CCOc1ccc(S(=O)(=O)NCC(=O)NN(C)C)cc1. The van der Waals surface area contributed by atoms with Crippen LogP contribution in [0.15, 0.2) is 29.2 Å². The molecule has 0 aliphatic carbocycles. The van der Waals surface area contributed by atoms with Crippen molar-refractivity contribution in [3.63, 3.8) is 0 Å². The number of hydrogen-bond donors (Lipinski definition) is 2. The number of sulfonamides is 1. The van der Waals surface area contributed by atoms with Crippen molar-refractivity contribution in [1.82, 2.24) is 15.2 Å². The number of carbonyl (C=O) groups excluding carboxylic acids is 1. The molecule has 112 valence electrons. The van der Waals surface area contributed by atoms with Crippen molar-refractivity contribution in [2.45, 2.75) is 11.8 Å². The van der Waals surface area contributed by atoms with Crippen molar-refractivity contribution in [1.29, 1.82) is 0 Å². The average Bonchev–Trinajstić information content (AvgIpc) is 2.37. The Kier molecular flexibility index (Phi) is 5.93. The van der Waals surface area contributed by atoms with Crippen LogP contribution in [0.2, 0.25) is 0 Å². The van der Waals surface area contributed by atoms with Gasteiger partial charge in [0.25, 0.3) is 0 Å². The summed E-state index contributed by atoms with van der Waals surface area (Å²) in [4.78, 5) is 11.5. The summed E-state index contributed by atoms with van der Waals surface area (Å²) in [6, 6.07) is 5.99. The highest BCUT2D eigenvalue weighted by Gasteiger charge is 2.15. The maximum Gasteiger partial charge on any atom is 0.249 e. The van der Waals surface area contributed by atoms with Crippen molar-refractivity contribution in [3.05, 3.63) is 24.3 Å². The van der Waals surface area contributed by atoms with Crippen LogP contribution in [-0.4, -0.2) is 46.6 Å². The molecule has 0 bridgehead atoms. The third-order valence-electron chi connectivity index (χ3n) is 2.22. The van der Waals surface area contributed by atoms with E-state index in [9.17, 15) is 13.2 Å². The summed E-state index contributed by atoms with van der Waals surface area (Å²) in [7, 11) is -0.432. The second-order valence-electron chi connectivity index (χ2n) is 4.16. The van der Waals surface area contributed by atoms with Crippen LogP contribution in [0.1, 0.15) is 6.92 Å². The summed E-state index contributed by atoms with van der Waals surface area (Å²) in [6.07, 6.45) is 0. The molecule has 0 aromatic heterocycles. The van der Waals surface area contributed by atoms with E-state index >= 15 is 0 Å². The number of amides is 1. The first-order chi connectivity index (χ1) is 9.35. The van der Waals surface area contributed by atoms with Crippen LogP contribution >= 0.6 is 0 Å². The second-order valence-corrected chi connectivity index (χ2v) is 5.93. The van der Waals surface area contributed by atoms with E-state index in [2.05, 4.69) is 10.1 Å². The number of hydrazine groups is 1. The number of nitrogens with one attached hydrogen (secondary N) is 2. The van der Waals surface area contributed by atoms with Gasteiger partial charge in [-0.05, 0) is 31.2 Å². The molecule has 7 nitrogen and oxygen atoms in total. The quantitative estimate of drug-likeness (QED) is 0.690. The molecule has 1 aromatic rings. The smallest absolute Gasteiger partial charge is 0.249 e. The molecule has 0 heterocycles. The van der Waals surface area contributed by atoms with Gasteiger partial charge in [0, 0.05) is 14.1 Å². The number of rotatable bonds is 7. The lowest BCUT2D eigenvalue weighted by atomic mass is 10.3. The summed E-state index contributed by atoms with van der Waals surface area (Å²) in [6.45, 7) is 2.03. The molecule has 0 saturated heterocycles. The molecule has 0 saturated carbocycles.